The first-order valence-electron chi connectivity index (χ1n) is 8.97. The molecule has 0 radical (unpaired) electrons. The number of carbonyl (C=O) groups is 2. The molecule has 1 aromatic rings. The summed E-state index contributed by atoms with van der Waals surface area (Å²) in [6.07, 6.45) is -1.09. The van der Waals surface area contributed by atoms with Crippen molar-refractivity contribution in [2.24, 2.45) is 0 Å². The molecule has 7 heteroatoms. The normalized spacial score (nSPS) is 16.4. The molecule has 6 nitrogen and oxygen atoms in total. The van der Waals surface area contributed by atoms with Crippen LogP contribution in [0.1, 0.15) is 52.7 Å². The number of amides is 2. The molecule has 2 amide bonds. The second-order valence-corrected chi connectivity index (χ2v) is 8.96. The number of halogens is 1. The molecule has 0 spiro atoms. The summed E-state index contributed by atoms with van der Waals surface area (Å²) >= 11 is 0. The highest BCUT2D eigenvalue weighted by atomic mass is 19.1. The number of likely N-dealkylation sites (tertiary alicyclic amines) is 1. The quantitative estimate of drug-likeness (QED) is 0.839. The first-order chi connectivity index (χ1) is 12.2. The maximum absolute atomic E-state index is 14.1. The van der Waals surface area contributed by atoms with Crippen LogP contribution in [0.25, 0.3) is 0 Å². The third-order valence-electron chi connectivity index (χ3n) is 4.10. The Morgan fingerprint density at radius 1 is 1.07 bits per heavy atom. The molecular formula is C20H29FN2O4. The molecule has 2 rings (SSSR count). The van der Waals surface area contributed by atoms with Crippen molar-refractivity contribution in [3.05, 3.63) is 35.1 Å². The molecule has 0 bridgehead atoms. The SMILES string of the molecule is Cc1c(F)cccc1C1(NC(=O)OC(C)(C)C)CN(C(=O)OC(C)(C)C)C1. The molecular weight excluding hydrogens is 351 g/mol. The summed E-state index contributed by atoms with van der Waals surface area (Å²) in [6, 6.07) is 4.71. The molecule has 1 aliphatic heterocycles. The van der Waals surface area contributed by atoms with Crippen LogP contribution in [0, 0.1) is 12.7 Å². The fourth-order valence-electron chi connectivity index (χ4n) is 3.00. The van der Waals surface area contributed by atoms with Crippen LogP contribution in [0.2, 0.25) is 0 Å². The second-order valence-electron chi connectivity index (χ2n) is 8.96. The van der Waals surface area contributed by atoms with Crippen LogP contribution in [0.3, 0.4) is 0 Å². The van der Waals surface area contributed by atoms with Crippen LogP contribution in [0.5, 0.6) is 0 Å². The largest absolute Gasteiger partial charge is 0.444 e. The van der Waals surface area contributed by atoms with Gasteiger partial charge in [0.1, 0.15) is 22.6 Å². The number of ether oxygens (including phenoxy) is 2. The van der Waals surface area contributed by atoms with Crippen molar-refractivity contribution >= 4 is 12.2 Å². The number of benzene rings is 1. The predicted octanol–water partition coefficient (Wildman–Crippen LogP) is 4.10. The third kappa shape index (κ3) is 5.11. The summed E-state index contributed by atoms with van der Waals surface area (Å²) in [6.45, 7) is 12.6. The number of carbonyl (C=O) groups excluding carboxylic acids is 2. The Morgan fingerprint density at radius 3 is 2.15 bits per heavy atom. The Balaban J connectivity index is 2.26. The van der Waals surface area contributed by atoms with Gasteiger partial charge in [0.15, 0.2) is 0 Å². The lowest BCUT2D eigenvalue weighted by molar-refractivity contribution is -0.0232. The van der Waals surface area contributed by atoms with Gasteiger partial charge in [0.05, 0.1) is 13.1 Å². The van der Waals surface area contributed by atoms with Crippen LogP contribution in [-0.2, 0) is 15.0 Å². The highest BCUT2D eigenvalue weighted by Crippen LogP contribution is 2.36. The lowest BCUT2D eigenvalue weighted by Gasteiger charge is -2.50. The van der Waals surface area contributed by atoms with E-state index in [9.17, 15) is 14.0 Å². The zero-order chi connectivity index (χ0) is 20.6. The van der Waals surface area contributed by atoms with E-state index in [1.54, 1.807) is 60.6 Å². The molecule has 1 N–H and O–H groups in total. The van der Waals surface area contributed by atoms with Crippen LogP contribution < -0.4 is 5.32 Å². The molecule has 150 valence electrons. The van der Waals surface area contributed by atoms with Gasteiger partial charge < -0.3 is 19.7 Å². The maximum atomic E-state index is 14.1. The smallest absolute Gasteiger partial charge is 0.410 e. The fraction of sp³-hybridized carbons (Fsp3) is 0.600. The van der Waals surface area contributed by atoms with Gasteiger partial charge in [0.2, 0.25) is 0 Å². The summed E-state index contributed by atoms with van der Waals surface area (Å²) in [5, 5.41) is 2.84. The zero-order valence-electron chi connectivity index (χ0n) is 17.1. The van der Waals surface area contributed by atoms with Gasteiger partial charge >= 0.3 is 12.2 Å². The van der Waals surface area contributed by atoms with E-state index in [0.29, 0.717) is 11.1 Å². The highest BCUT2D eigenvalue weighted by molar-refractivity contribution is 5.73. The first-order valence-corrected chi connectivity index (χ1v) is 8.97. The van der Waals surface area contributed by atoms with Crippen molar-refractivity contribution in [3.63, 3.8) is 0 Å². The molecule has 0 aliphatic carbocycles. The number of alkyl carbamates (subject to hydrolysis) is 1. The lowest BCUT2D eigenvalue weighted by Crippen LogP contribution is -2.69. The van der Waals surface area contributed by atoms with Gasteiger partial charge in [-0.25, -0.2) is 14.0 Å². The molecule has 1 heterocycles. The molecule has 1 saturated heterocycles. The second kappa shape index (κ2) is 7.02. The molecule has 0 unspecified atom stereocenters. The summed E-state index contributed by atoms with van der Waals surface area (Å²) in [5.41, 5.74) is -1.17. The average molecular weight is 380 g/mol. The van der Waals surface area contributed by atoms with Gasteiger partial charge in [-0.05, 0) is 65.7 Å². The van der Waals surface area contributed by atoms with Crippen molar-refractivity contribution in [2.75, 3.05) is 13.1 Å². The van der Waals surface area contributed by atoms with Gasteiger partial charge in [-0.1, -0.05) is 12.1 Å². The minimum atomic E-state index is -0.925. The number of hydrogen-bond donors (Lipinski definition) is 1. The summed E-state index contributed by atoms with van der Waals surface area (Å²) < 4.78 is 24.8. The van der Waals surface area contributed by atoms with Gasteiger partial charge in [0.25, 0.3) is 0 Å². The lowest BCUT2D eigenvalue weighted by atomic mass is 9.80. The summed E-state index contributed by atoms with van der Waals surface area (Å²) in [4.78, 5) is 26.2. The maximum Gasteiger partial charge on any atom is 0.410 e. The number of rotatable bonds is 2. The van der Waals surface area contributed by atoms with Crippen LogP contribution in [0.15, 0.2) is 18.2 Å². The standard InChI is InChI=1S/C20H29FN2O4/c1-13-14(9-8-10-15(13)21)20(22-16(24)26-18(2,3)4)11-23(12-20)17(25)27-19(5,6)7/h8-10H,11-12H2,1-7H3,(H,22,24). The Kier molecular flexibility index (Phi) is 5.46. The molecule has 1 aromatic carbocycles. The summed E-state index contributed by atoms with van der Waals surface area (Å²) in [7, 11) is 0. The van der Waals surface area contributed by atoms with E-state index < -0.39 is 28.9 Å². The van der Waals surface area contributed by atoms with E-state index in [1.807, 2.05) is 0 Å². The minimum Gasteiger partial charge on any atom is -0.444 e. The minimum absolute atomic E-state index is 0.172. The number of nitrogens with one attached hydrogen (secondary N) is 1. The molecule has 0 aromatic heterocycles. The van der Waals surface area contributed by atoms with Crippen LogP contribution in [-0.4, -0.2) is 41.4 Å². The van der Waals surface area contributed by atoms with Crippen molar-refractivity contribution in [2.45, 2.75) is 65.2 Å². The topological polar surface area (TPSA) is 67.9 Å². The van der Waals surface area contributed by atoms with Crippen molar-refractivity contribution in [1.29, 1.82) is 0 Å². The van der Waals surface area contributed by atoms with Crippen LogP contribution in [0.4, 0.5) is 14.0 Å². The fourth-order valence-corrected chi connectivity index (χ4v) is 3.00. The average Bonchev–Trinajstić information content (AvgIpc) is 2.41. The van der Waals surface area contributed by atoms with E-state index in [4.69, 9.17) is 9.47 Å². The first kappa shape index (κ1) is 21.0. The van der Waals surface area contributed by atoms with Crippen molar-refractivity contribution in [3.8, 4) is 0 Å². The molecule has 1 aliphatic rings. The Labute approximate surface area is 160 Å². The van der Waals surface area contributed by atoms with E-state index in [0.717, 1.165) is 0 Å². The number of hydrogen-bond acceptors (Lipinski definition) is 4. The van der Waals surface area contributed by atoms with Gasteiger partial charge in [-0.15, -0.1) is 0 Å². The third-order valence-corrected chi connectivity index (χ3v) is 4.10. The summed E-state index contributed by atoms with van der Waals surface area (Å²) in [5.74, 6) is -0.367. The Bertz CT molecular complexity index is 728. The van der Waals surface area contributed by atoms with Gasteiger partial charge in [-0.2, -0.15) is 0 Å². The van der Waals surface area contributed by atoms with E-state index in [1.165, 1.54) is 11.0 Å². The van der Waals surface area contributed by atoms with Crippen molar-refractivity contribution < 1.29 is 23.5 Å². The highest BCUT2D eigenvalue weighted by Gasteiger charge is 2.50. The van der Waals surface area contributed by atoms with Crippen LogP contribution >= 0.6 is 0 Å². The van der Waals surface area contributed by atoms with Gasteiger partial charge in [-0.3, -0.25) is 0 Å². The predicted molar refractivity (Wildman–Crippen MR) is 100.0 cm³/mol. The molecule has 27 heavy (non-hydrogen) atoms. The van der Waals surface area contributed by atoms with E-state index >= 15 is 0 Å². The zero-order valence-corrected chi connectivity index (χ0v) is 17.1. The monoisotopic (exact) mass is 380 g/mol. The molecule has 0 saturated carbocycles. The van der Waals surface area contributed by atoms with E-state index in [-0.39, 0.29) is 18.9 Å². The molecule has 0 atom stereocenters. The van der Waals surface area contributed by atoms with Crippen molar-refractivity contribution in [1.82, 2.24) is 10.2 Å². The molecule has 1 fully saturated rings. The Hall–Kier alpha value is -2.31. The number of nitrogens with zero attached hydrogens (tertiary/aromatic N) is 1. The van der Waals surface area contributed by atoms with E-state index in [2.05, 4.69) is 5.32 Å². The van der Waals surface area contributed by atoms with Gasteiger partial charge in [0, 0.05) is 0 Å². The Morgan fingerprint density at radius 2 is 1.63 bits per heavy atom.